The van der Waals surface area contributed by atoms with Crippen molar-refractivity contribution in [2.75, 3.05) is 33.3 Å². The number of carbonyl (C=O) groups excluding carboxylic acids is 4. The van der Waals surface area contributed by atoms with Crippen LogP contribution in [-0.2, 0) is 9.59 Å². The van der Waals surface area contributed by atoms with Crippen LogP contribution in [-0.4, -0.2) is 78.8 Å². The van der Waals surface area contributed by atoms with E-state index >= 15 is 0 Å². The second kappa shape index (κ2) is 10.9. The molecule has 0 aliphatic carbocycles. The van der Waals surface area contributed by atoms with Crippen LogP contribution < -0.4 is 15.4 Å². The van der Waals surface area contributed by atoms with Gasteiger partial charge < -0.3 is 25.2 Å². The van der Waals surface area contributed by atoms with Gasteiger partial charge in [0, 0.05) is 30.8 Å². The van der Waals surface area contributed by atoms with Gasteiger partial charge >= 0.3 is 0 Å². The molecule has 2 saturated heterocycles. The summed E-state index contributed by atoms with van der Waals surface area (Å²) in [4.78, 5) is 55.1. The monoisotopic (exact) mass is 489 g/mol. The number of methoxy groups -OCH3 is 1. The second-order valence-corrected chi connectivity index (χ2v) is 8.68. The zero-order chi connectivity index (χ0) is 25.7. The van der Waals surface area contributed by atoms with Crippen molar-refractivity contribution < 1.29 is 23.9 Å². The highest BCUT2D eigenvalue weighted by molar-refractivity contribution is 6.00. The Bertz CT molecular complexity index is 1190. The van der Waals surface area contributed by atoms with Crippen LogP contribution >= 0.6 is 0 Å². The molecule has 10 heteroatoms. The number of carbonyl (C=O) groups is 4. The molecule has 2 heterocycles. The lowest BCUT2D eigenvalue weighted by molar-refractivity contribution is -0.133. The van der Waals surface area contributed by atoms with Crippen molar-refractivity contribution in [1.29, 1.82) is 5.26 Å². The molecule has 0 bridgehead atoms. The molecule has 0 radical (unpaired) electrons. The number of piperidine rings is 1. The van der Waals surface area contributed by atoms with Crippen LogP contribution in [0.2, 0.25) is 0 Å². The number of nitrogens with one attached hydrogen (secondary N) is 2. The van der Waals surface area contributed by atoms with Gasteiger partial charge in [-0.2, -0.15) is 5.26 Å². The van der Waals surface area contributed by atoms with E-state index in [0.717, 1.165) is 6.42 Å². The van der Waals surface area contributed by atoms with E-state index in [1.54, 1.807) is 48.5 Å². The summed E-state index contributed by atoms with van der Waals surface area (Å²) in [6, 6.07) is 13.2. The molecule has 2 aromatic rings. The topological polar surface area (TPSA) is 132 Å². The Morgan fingerprint density at radius 1 is 1.03 bits per heavy atom. The number of nitrogens with zero attached hydrogens (tertiary/aromatic N) is 3. The molecule has 186 valence electrons. The number of nitriles is 1. The molecule has 2 aliphatic heterocycles. The lowest BCUT2D eigenvalue weighted by atomic mass is 10.0. The van der Waals surface area contributed by atoms with Crippen molar-refractivity contribution in [2.24, 2.45) is 0 Å². The Balaban J connectivity index is 1.56. The number of ether oxygens (including phenoxy) is 1. The molecule has 10 nitrogen and oxygen atoms in total. The van der Waals surface area contributed by atoms with Gasteiger partial charge in [0.15, 0.2) is 0 Å². The van der Waals surface area contributed by atoms with Crippen molar-refractivity contribution in [2.45, 2.75) is 24.9 Å². The zero-order valence-electron chi connectivity index (χ0n) is 19.9. The van der Waals surface area contributed by atoms with Gasteiger partial charge in [0.2, 0.25) is 11.8 Å². The van der Waals surface area contributed by atoms with E-state index in [9.17, 15) is 19.2 Å². The number of hydrogen-bond acceptors (Lipinski definition) is 6. The largest absolute Gasteiger partial charge is 0.497 e. The minimum Gasteiger partial charge on any atom is -0.497 e. The lowest BCUT2D eigenvalue weighted by Crippen LogP contribution is -2.63. The summed E-state index contributed by atoms with van der Waals surface area (Å²) in [5.74, 6) is -0.803. The van der Waals surface area contributed by atoms with Crippen molar-refractivity contribution in [1.82, 2.24) is 20.4 Å². The normalized spacial score (nSPS) is 19.6. The van der Waals surface area contributed by atoms with E-state index in [1.165, 1.54) is 16.9 Å². The van der Waals surface area contributed by atoms with Crippen molar-refractivity contribution in [3.05, 3.63) is 65.2 Å². The Morgan fingerprint density at radius 2 is 1.69 bits per heavy atom. The van der Waals surface area contributed by atoms with E-state index in [-0.39, 0.29) is 37.4 Å². The molecule has 0 unspecified atom stereocenters. The standard InChI is InChI=1S/C26H27N5O5/c1-36-20-10-8-19(9-11-20)26(35)31-14-13-30(25(34)18-6-4-17(15-27)5-7-18)16-22(31)24(33)29-21-3-2-12-28-23(21)32/h4-11,21-22H,2-3,12-14,16H2,1H3,(H,28,32)(H,29,33)/t21-,22-/m1/s1. The molecule has 2 fully saturated rings. The smallest absolute Gasteiger partial charge is 0.254 e. The number of benzene rings is 2. The number of amides is 4. The van der Waals surface area contributed by atoms with E-state index < -0.39 is 18.0 Å². The van der Waals surface area contributed by atoms with Crippen LogP contribution in [0.3, 0.4) is 0 Å². The molecule has 4 amide bonds. The van der Waals surface area contributed by atoms with Gasteiger partial charge in [-0.3, -0.25) is 19.2 Å². The van der Waals surface area contributed by atoms with Gasteiger partial charge in [-0.1, -0.05) is 0 Å². The molecule has 2 atom stereocenters. The minimum absolute atomic E-state index is 0.0269. The molecule has 2 aromatic carbocycles. The molecular weight excluding hydrogens is 462 g/mol. The van der Waals surface area contributed by atoms with Crippen LogP contribution in [0.1, 0.15) is 39.1 Å². The van der Waals surface area contributed by atoms with Crippen LogP contribution in [0.15, 0.2) is 48.5 Å². The highest BCUT2D eigenvalue weighted by atomic mass is 16.5. The quantitative estimate of drug-likeness (QED) is 0.642. The van der Waals surface area contributed by atoms with Gasteiger partial charge in [0.05, 0.1) is 25.3 Å². The first-order chi connectivity index (χ1) is 17.4. The average molecular weight is 490 g/mol. The summed E-state index contributed by atoms with van der Waals surface area (Å²) >= 11 is 0. The Hall–Kier alpha value is -4.39. The fraction of sp³-hybridized carbons (Fsp3) is 0.346. The second-order valence-electron chi connectivity index (χ2n) is 8.68. The first-order valence-corrected chi connectivity index (χ1v) is 11.7. The first kappa shape index (κ1) is 24.7. The van der Waals surface area contributed by atoms with Gasteiger partial charge in [-0.25, -0.2) is 0 Å². The summed E-state index contributed by atoms with van der Waals surface area (Å²) in [7, 11) is 1.53. The van der Waals surface area contributed by atoms with Crippen LogP contribution in [0.5, 0.6) is 5.75 Å². The fourth-order valence-corrected chi connectivity index (χ4v) is 4.38. The van der Waals surface area contributed by atoms with Gasteiger partial charge in [0.1, 0.15) is 17.8 Å². The molecule has 36 heavy (non-hydrogen) atoms. The van der Waals surface area contributed by atoms with Gasteiger partial charge in [-0.05, 0) is 61.4 Å². The summed E-state index contributed by atoms with van der Waals surface area (Å²) in [6.07, 6.45) is 1.24. The number of rotatable bonds is 5. The van der Waals surface area contributed by atoms with Crippen LogP contribution in [0.25, 0.3) is 0 Å². The predicted octanol–water partition coefficient (Wildman–Crippen LogP) is 0.928. The third-order valence-corrected chi connectivity index (χ3v) is 6.43. The molecule has 0 saturated carbocycles. The molecule has 0 aromatic heterocycles. The maximum absolute atomic E-state index is 13.4. The Morgan fingerprint density at radius 3 is 2.33 bits per heavy atom. The third-order valence-electron chi connectivity index (χ3n) is 6.43. The van der Waals surface area contributed by atoms with E-state index in [4.69, 9.17) is 10.00 Å². The molecular formula is C26H27N5O5. The summed E-state index contributed by atoms with van der Waals surface area (Å²) in [5, 5.41) is 14.5. The van der Waals surface area contributed by atoms with Crippen molar-refractivity contribution in [3.63, 3.8) is 0 Å². The van der Waals surface area contributed by atoms with Crippen molar-refractivity contribution >= 4 is 23.6 Å². The van der Waals surface area contributed by atoms with Crippen molar-refractivity contribution in [3.8, 4) is 11.8 Å². The first-order valence-electron chi connectivity index (χ1n) is 11.7. The highest BCUT2D eigenvalue weighted by Gasteiger charge is 2.39. The summed E-state index contributed by atoms with van der Waals surface area (Å²) < 4.78 is 5.16. The summed E-state index contributed by atoms with van der Waals surface area (Å²) in [6.45, 7) is 0.904. The SMILES string of the molecule is COc1ccc(C(=O)N2CCN(C(=O)c3ccc(C#N)cc3)C[C@@H]2C(=O)N[C@@H]2CCCNC2=O)cc1. The van der Waals surface area contributed by atoms with E-state index in [1.807, 2.05) is 6.07 Å². The maximum atomic E-state index is 13.4. The highest BCUT2D eigenvalue weighted by Crippen LogP contribution is 2.20. The fourth-order valence-electron chi connectivity index (χ4n) is 4.38. The van der Waals surface area contributed by atoms with Crippen LogP contribution in [0.4, 0.5) is 0 Å². The number of hydrogen-bond donors (Lipinski definition) is 2. The Kier molecular flexibility index (Phi) is 7.49. The average Bonchev–Trinajstić information content (AvgIpc) is 2.93. The maximum Gasteiger partial charge on any atom is 0.254 e. The molecule has 2 aliphatic rings. The molecule has 2 N–H and O–H groups in total. The minimum atomic E-state index is -0.981. The molecule has 0 spiro atoms. The molecule has 4 rings (SSSR count). The summed E-state index contributed by atoms with van der Waals surface area (Å²) in [5.41, 5.74) is 1.20. The van der Waals surface area contributed by atoms with E-state index in [2.05, 4.69) is 10.6 Å². The van der Waals surface area contributed by atoms with Gasteiger partial charge in [0.25, 0.3) is 11.8 Å². The zero-order valence-corrected chi connectivity index (χ0v) is 19.9. The predicted molar refractivity (Wildman–Crippen MR) is 129 cm³/mol. The third kappa shape index (κ3) is 5.30. The lowest BCUT2D eigenvalue weighted by Gasteiger charge is -2.41. The number of piperazine rings is 1. The van der Waals surface area contributed by atoms with Gasteiger partial charge in [-0.15, -0.1) is 0 Å². The van der Waals surface area contributed by atoms with E-state index in [0.29, 0.717) is 35.4 Å². The Labute approximate surface area is 208 Å². The van der Waals surface area contributed by atoms with Crippen LogP contribution in [0, 0.1) is 11.3 Å².